The molecule has 1 unspecified atom stereocenters. The first-order valence-corrected chi connectivity index (χ1v) is 25.4. The van der Waals surface area contributed by atoms with Crippen molar-refractivity contribution < 1.29 is 42.1 Å². The van der Waals surface area contributed by atoms with E-state index in [0.29, 0.717) is 17.4 Å². The van der Waals surface area contributed by atoms with Crippen molar-refractivity contribution in [1.82, 2.24) is 0 Å². The lowest BCUT2D eigenvalue weighted by atomic mass is 10.0. The van der Waals surface area contributed by atoms with Gasteiger partial charge in [0.1, 0.15) is 19.8 Å². The second-order valence-corrected chi connectivity index (χ2v) is 19.0. The summed E-state index contributed by atoms with van der Waals surface area (Å²) in [6, 6.07) is 0. The number of quaternary nitrogens is 1. The smallest absolute Gasteiger partial charge is 0.462 e. The van der Waals surface area contributed by atoms with Crippen molar-refractivity contribution >= 4 is 19.8 Å². The van der Waals surface area contributed by atoms with Gasteiger partial charge in [0.05, 0.1) is 27.7 Å². The molecule has 57 heavy (non-hydrogen) atoms. The molecular weight excluding hydrogens is 737 g/mol. The van der Waals surface area contributed by atoms with Gasteiger partial charge in [0, 0.05) is 12.8 Å². The van der Waals surface area contributed by atoms with E-state index in [1.165, 1.54) is 141 Å². The molecule has 0 spiro atoms. The first-order valence-electron chi connectivity index (χ1n) is 23.9. The van der Waals surface area contributed by atoms with Crippen LogP contribution in [-0.4, -0.2) is 74.9 Å². The Balaban J connectivity index is 4.29. The average molecular weight is 831 g/mol. The van der Waals surface area contributed by atoms with Crippen LogP contribution < -0.4 is 0 Å². The van der Waals surface area contributed by atoms with Gasteiger partial charge in [-0.25, -0.2) is 4.57 Å². The van der Waals surface area contributed by atoms with Crippen molar-refractivity contribution in [3.63, 3.8) is 0 Å². The van der Waals surface area contributed by atoms with Crippen LogP contribution in [-0.2, 0) is 32.7 Å². The molecule has 2 atom stereocenters. The monoisotopic (exact) mass is 831 g/mol. The highest BCUT2D eigenvalue weighted by atomic mass is 31.2. The van der Waals surface area contributed by atoms with E-state index in [1.54, 1.807) is 0 Å². The van der Waals surface area contributed by atoms with Crippen molar-refractivity contribution in [2.75, 3.05) is 47.5 Å². The molecule has 0 heterocycles. The molecule has 0 aliphatic rings. The molecule has 0 aliphatic heterocycles. The molecule has 0 aromatic rings. The number of hydrogen-bond acceptors (Lipinski definition) is 7. The van der Waals surface area contributed by atoms with Crippen LogP contribution in [0.25, 0.3) is 0 Å². The van der Waals surface area contributed by atoms with E-state index in [0.717, 1.165) is 51.4 Å². The zero-order valence-electron chi connectivity index (χ0n) is 38.1. The first-order chi connectivity index (χ1) is 27.5. The molecule has 0 amide bonds. The van der Waals surface area contributed by atoms with Gasteiger partial charge in [-0.2, -0.15) is 0 Å². The quantitative estimate of drug-likeness (QED) is 0.0213. The molecule has 0 aromatic carbocycles. The van der Waals surface area contributed by atoms with E-state index in [2.05, 4.69) is 26.0 Å². The molecule has 0 aliphatic carbocycles. The number of nitrogens with zero attached hydrogens (tertiary/aromatic N) is 1. The van der Waals surface area contributed by atoms with E-state index in [4.69, 9.17) is 18.5 Å². The van der Waals surface area contributed by atoms with Gasteiger partial charge in [-0.05, 0) is 38.5 Å². The number of rotatable bonds is 44. The Morgan fingerprint density at radius 2 is 0.895 bits per heavy atom. The Bertz CT molecular complexity index is 985. The summed E-state index contributed by atoms with van der Waals surface area (Å²) in [6.07, 6.45) is 42.5. The summed E-state index contributed by atoms with van der Waals surface area (Å²) in [4.78, 5) is 35.4. The third-order valence-electron chi connectivity index (χ3n) is 10.5. The van der Waals surface area contributed by atoms with Crippen molar-refractivity contribution in [1.29, 1.82) is 0 Å². The molecule has 1 N–H and O–H groups in total. The zero-order chi connectivity index (χ0) is 42.1. The number of hydrogen-bond donors (Lipinski definition) is 1. The van der Waals surface area contributed by atoms with Crippen molar-refractivity contribution in [3.8, 4) is 0 Å². The maximum absolute atomic E-state index is 12.7. The molecular formula is C47H93NO8P+. The molecule has 0 saturated carbocycles. The molecule has 338 valence electrons. The Morgan fingerprint density at radius 1 is 0.526 bits per heavy atom. The number of unbranched alkanes of at least 4 members (excludes halogenated alkanes) is 28. The Morgan fingerprint density at radius 3 is 1.30 bits per heavy atom. The van der Waals surface area contributed by atoms with Gasteiger partial charge >= 0.3 is 19.8 Å². The molecule has 0 bridgehead atoms. The maximum atomic E-state index is 12.7. The van der Waals surface area contributed by atoms with Crippen molar-refractivity contribution in [2.45, 2.75) is 232 Å². The fourth-order valence-corrected chi connectivity index (χ4v) is 7.52. The van der Waals surface area contributed by atoms with Crippen LogP contribution >= 0.6 is 7.82 Å². The lowest BCUT2D eigenvalue weighted by Crippen LogP contribution is -2.37. The molecule has 10 heteroatoms. The van der Waals surface area contributed by atoms with Gasteiger partial charge in [-0.3, -0.25) is 18.6 Å². The van der Waals surface area contributed by atoms with Gasteiger partial charge < -0.3 is 18.9 Å². The second-order valence-electron chi connectivity index (χ2n) is 17.5. The zero-order valence-corrected chi connectivity index (χ0v) is 39.0. The predicted molar refractivity (Wildman–Crippen MR) is 238 cm³/mol. The third-order valence-corrected chi connectivity index (χ3v) is 11.5. The Labute approximate surface area is 352 Å². The number of esters is 2. The van der Waals surface area contributed by atoms with E-state index >= 15 is 0 Å². The summed E-state index contributed by atoms with van der Waals surface area (Å²) >= 11 is 0. The fourth-order valence-electron chi connectivity index (χ4n) is 6.77. The molecule has 0 saturated heterocycles. The number of carbonyl (C=O) groups excluding carboxylic acids is 2. The highest BCUT2D eigenvalue weighted by Gasteiger charge is 2.27. The summed E-state index contributed by atoms with van der Waals surface area (Å²) < 4.78 is 34.4. The minimum Gasteiger partial charge on any atom is -0.462 e. The van der Waals surface area contributed by atoms with Crippen molar-refractivity contribution in [2.24, 2.45) is 0 Å². The third kappa shape index (κ3) is 44.1. The maximum Gasteiger partial charge on any atom is 0.472 e. The van der Waals surface area contributed by atoms with Gasteiger partial charge in [0.25, 0.3) is 0 Å². The fraction of sp³-hybridized carbons (Fsp3) is 0.915. The van der Waals surface area contributed by atoms with Crippen LogP contribution in [0.1, 0.15) is 226 Å². The standard InChI is InChI=1S/C47H92NO8P/c1-6-8-10-12-14-16-18-20-22-24-26-28-30-32-34-36-38-40-47(50)56-45(44-55-57(51,52)54-42-41-48(3,4)5)43-53-46(49)39-37-35-33-31-29-27-25-23-21-19-17-15-13-11-9-7-2/h23,25,45H,6-22,24,26-44H2,1-5H3/p+1/b25-23-/t45-/m1/s1. The Hall–Kier alpha value is -1.25. The van der Waals surface area contributed by atoms with Gasteiger partial charge in [0.2, 0.25) is 0 Å². The minimum absolute atomic E-state index is 0.0338. The highest BCUT2D eigenvalue weighted by Crippen LogP contribution is 2.43. The Kier molecular flexibility index (Phi) is 39.3. The number of likely N-dealkylation sites (N-methyl/N-ethyl adjacent to an activating group) is 1. The molecule has 0 rings (SSSR count). The summed E-state index contributed by atoms with van der Waals surface area (Å²) in [7, 11) is 1.48. The number of phosphoric ester groups is 1. The molecule has 9 nitrogen and oxygen atoms in total. The normalized spacial score (nSPS) is 13.6. The van der Waals surface area contributed by atoms with E-state index in [9.17, 15) is 19.0 Å². The van der Waals surface area contributed by atoms with Gasteiger partial charge in [-0.1, -0.05) is 187 Å². The van der Waals surface area contributed by atoms with E-state index < -0.39 is 26.5 Å². The summed E-state index contributed by atoms with van der Waals surface area (Å²) in [6.45, 7) is 4.45. The highest BCUT2D eigenvalue weighted by molar-refractivity contribution is 7.47. The van der Waals surface area contributed by atoms with Crippen LogP contribution in [0.3, 0.4) is 0 Å². The predicted octanol–water partition coefficient (Wildman–Crippen LogP) is 13.8. The summed E-state index contributed by atoms with van der Waals surface area (Å²) in [5, 5.41) is 0. The first kappa shape index (κ1) is 55.8. The number of phosphoric acid groups is 1. The topological polar surface area (TPSA) is 108 Å². The number of carbonyl (C=O) groups is 2. The van der Waals surface area contributed by atoms with Crippen LogP contribution in [0.2, 0.25) is 0 Å². The van der Waals surface area contributed by atoms with Gasteiger partial charge in [-0.15, -0.1) is 0 Å². The minimum atomic E-state index is -4.37. The lowest BCUT2D eigenvalue weighted by Gasteiger charge is -2.24. The van der Waals surface area contributed by atoms with Crippen LogP contribution in [0.15, 0.2) is 12.2 Å². The van der Waals surface area contributed by atoms with Crippen LogP contribution in [0.4, 0.5) is 0 Å². The van der Waals surface area contributed by atoms with Gasteiger partial charge in [0.15, 0.2) is 6.10 Å². The molecule has 0 aromatic heterocycles. The number of ether oxygens (including phenoxy) is 2. The number of allylic oxidation sites excluding steroid dienone is 2. The van der Waals surface area contributed by atoms with E-state index in [1.807, 2.05) is 21.1 Å². The van der Waals surface area contributed by atoms with Crippen LogP contribution in [0.5, 0.6) is 0 Å². The molecule has 0 fully saturated rings. The van der Waals surface area contributed by atoms with Crippen molar-refractivity contribution in [3.05, 3.63) is 12.2 Å². The summed E-state index contributed by atoms with van der Waals surface area (Å²) in [5.41, 5.74) is 0. The van der Waals surface area contributed by atoms with E-state index in [-0.39, 0.29) is 32.0 Å². The largest absolute Gasteiger partial charge is 0.472 e. The lowest BCUT2D eigenvalue weighted by molar-refractivity contribution is -0.870. The summed E-state index contributed by atoms with van der Waals surface area (Å²) in [5.74, 6) is -0.795. The SMILES string of the molecule is CCCCCCCCC/C=C\CCCCCCCC(=O)OC[C@H](COP(=O)(O)OCC[N+](C)(C)C)OC(=O)CCCCCCCCCCCCCCCCCCC. The second kappa shape index (κ2) is 40.2. The van der Waals surface area contributed by atoms with Crippen LogP contribution in [0, 0.1) is 0 Å². The average Bonchev–Trinajstić information content (AvgIpc) is 3.16. The molecule has 0 radical (unpaired) electrons.